The molecule has 0 spiro atoms. The number of rotatable bonds is 8. The van der Waals surface area contributed by atoms with Crippen LogP contribution in [0.5, 0.6) is 0 Å². The maximum absolute atomic E-state index is 12.6. The monoisotopic (exact) mass is 330 g/mol. The van der Waals surface area contributed by atoms with Crippen LogP contribution in [-0.4, -0.2) is 44.0 Å². The molecule has 0 saturated carbocycles. The molecule has 0 aliphatic heterocycles. The molecule has 0 aliphatic carbocycles. The summed E-state index contributed by atoms with van der Waals surface area (Å²) in [6.07, 6.45) is 0. The van der Waals surface area contributed by atoms with E-state index in [0.717, 1.165) is 0 Å². The number of methoxy groups -OCH3 is 1. The van der Waals surface area contributed by atoms with Gasteiger partial charge in [0.2, 0.25) is 10.0 Å². The van der Waals surface area contributed by atoms with E-state index in [4.69, 9.17) is 22.7 Å². The standard InChI is InChI=1S/C14H22N2O3S2/c1-11(2)16(8-9-19-3)21(17,18)10-12-6-4-5-7-13(12)14(15)20/h4-7,11H,8-10H2,1-3H3,(H2,15,20). The average molecular weight is 330 g/mol. The predicted molar refractivity (Wildman–Crippen MR) is 88.7 cm³/mol. The molecule has 0 amide bonds. The summed E-state index contributed by atoms with van der Waals surface area (Å²) in [5, 5.41) is 0. The Morgan fingerprint density at radius 1 is 1.38 bits per heavy atom. The third kappa shape index (κ3) is 5.03. The van der Waals surface area contributed by atoms with E-state index < -0.39 is 10.0 Å². The quantitative estimate of drug-likeness (QED) is 0.732. The van der Waals surface area contributed by atoms with Gasteiger partial charge in [0.05, 0.1) is 12.4 Å². The fourth-order valence-electron chi connectivity index (χ4n) is 2.07. The Hall–Kier alpha value is -1.02. The fraction of sp³-hybridized carbons (Fsp3) is 0.500. The highest BCUT2D eigenvalue weighted by molar-refractivity contribution is 7.88. The van der Waals surface area contributed by atoms with E-state index in [2.05, 4.69) is 0 Å². The van der Waals surface area contributed by atoms with Crippen molar-refractivity contribution in [2.45, 2.75) is 25.6 Å². The maximum atomic E-state index is 12.6. The highest BCUT2D eigenvalue weighted by Gasteiger charge is 2.26. The van der Waals surface area contributed by atoms with Crippen molar-refractivity contribution in [3.05, 3.63) is 35.4 Å². The second-order valence-electron chi connectivity index (χ2n) is 4.97. The van der Waals surface area contributed by atoms with Gasteiger partial charge in [0.15, 0.2) is 0 Å². The minimum absolute atomic E-state index is 0.123. The molecule has 1 aromatic carbocycles. The number of benzene rings is 1. The van der Waals surface area contributed by atoms with Gasteiger partial charge in [-0.1, -0.05) is 36.5 Å². The number of ether oxygens (including phenoxy) is 1. The van der Waals surface area contributed by atoms with Crippen LogP contribution in [0.15, 0.2) is 24.3 Å². The van der Waals surface area contributed by atoms with Gasteiger partial charge in [0, 0.05) is 25.3 Å². The third-order valence-corrected chi connectivity index (χ3v) is 5.28. The number of hydrogen-bond acceptors (Lipinski definition) is 4. The summed E-state index contributed by atoms with van der Waals surface area (Å²) in [7, 11) is -1.92. The first-order chi connectivity index (χ1) is 9.79. The van der Waals surface area contributed by atoms with E-state index in [-0.39, 0.29) is 16.8 Å². The zero-order valence-corrected chi connectivity index (χ0v) is 14.2. The van der Waals surface area contributed by atoms with Crippen LogP contribution >= 0.6 is 12.2 Å². The molecule has 118 valence electrons. The van der Waals surface area contributed by atoms with Crippen LogP contribution in [0.3, 0.4) is 0 Å². The lowest BCUT2D eigenvalue weighted by Crippen LogP contribution is -2.40. The van der Waals surface area contributed by atoms with Crippen LogP contribution in [0.25, 0.3) is 0 Å². The van der Waals surface area contributed by atoms with Crippen molar-refractivity contribution in [3.8, 4) is 0 Å². The average Bonchev–Trinajstić information content (AvgIpc) is 2.38. The number of nitrogens with zero attached hydrogens (tertiary/aromatic N) is 1. The molecular formula is C14H22N2O3S2. The number of sulfonamides is 1. The molecule has 1 aromatic rings. The summed E-state index contributed by atoms with van der Waals surface area (Å²) in [6.45, 7) is 4.36. The highest BCUT2D eigenvalue weighted by Crippen LogP contribution is 2.17. The summed E-state index contributed by atoms with van der Waals surface area (Å²) in [5.74, 6) is -0.123. The van der Waals surface area contributed by atoms with Crippen LogP contribution < -0.4 is 5.73 Å². The van der Waals surface area contributed by atoms with Crippen LogP contribution in [-0.2, 0) is 20.5 Å². The molecule has 0 fully saturated rings. The molecular weight excluding hydrogens is 308 g/mol. The van der Waals surface area contributed by atoms with Gasteiger partial charge in [-0.15, -0.1) is 0 Å². The minimum Gasteiger partial charge on any atom is -0.389 e. The zero-order valence-electron chi connectivity index (χ0n) is 12.6. The van der Waals surface area contributed by atoms with Crippen LogP contribution in [0.2, 0.25) is 0 Å². The van der Waals surface area contributed by atoms with Crippen LogP contribution in [0, 0.1) is 0 Å². The molecule has 0 radical (unpaired) electrons. The van der Waals surface area contributed by atoms with Gasteiger partial charge in [-0.2, -0.15) is 4.31 Å². The lowest BCUT2D eigenvalue weighted by Gasteiger charge is -2.26. The summed E-state index contributed by atoms with van der Waals surface area (Å²) in [6, 6.07) is 6.90. The Kier molecular flexibility index (Phi) is 6.73. The second-order valence-corrected chi connectivity index (χ2v) is 7.34. The van der Waals surface area contributed by atoms with Crippen LogP contribution in [0.1, 0.15) is 25.0 Å². The lowest BCUT2D eigenvalue weighted by atomic mass is 10.1. The number of hydrogen-bond donors (Lipinski definition) is 1. The summed E-state index contributed by atoms with van der Waals surface area (Å²) in [5.41, 5.74) is 6.87. The molecule has 0 unspecified atom stereocenters. The van der Waals surface area contributed by atoms with Crippen molar-refractivity contribution in [1.82, 2.24) is 4.31 Å². The molecule has 2 N–H and O–H groups in total. The molecule has 0 aliphatic rings. The summed E-state index contributed by atoms with van der Waals surface area (Å²) >= 11 is 4.98. The maximum Gasteiger partial charge on any atom is 0.218 e. The van der Waals surface area contributed by atoms with Gasteiger partial charge >= 0.3 is 0 Å². The van der Waals surface area contributed by atoms with Gasteiger partial charge in [0.1, 0.15) is 4.99 Å². The summed E-state index contributed by atoms with van der Waals surface area (Å²) < 4.78 is 31.6. The van der Waals surface area contributed by atoms with E-state index in [0.29, 0.717) is 24.3 Å². The smallest absolute Gasteiger partial charge is 0.218 e. The molecule has 21 heavy (non-hydrogen) atoms. The van der Waals surface area contributed by atoms with Gasteiger partial charge in [-0.3, -0.25) is 0 Å². The lowest BCUT2D eigenvalue weighted by molar-refractivity contribution is 0.171. The molecule has 0 bridgehead atoms. The van der Waals surface area contributed by atoms with Gasteiger partial charge in [-0.05, 0) is 19.4 Å². The highest BCUT2D eigenvalue weighted by atomic mass is 32.2. The molecule has 5 nitrogen and oxygen atoms in total. The van der Waals surface area contributed by atoms with Crippen molar-refractivity contribution in [2.75, 3.05) is 20.3 Å². The number of thiocarbonyl (C=S) groups is 1. The van der Waals surface area contributed by atoms with Gasteiger partial charge in [0.25, 0.3) is 0 Å². The predicted octanol–water partition coefficient (Wildman–Crippen LogP) is 1.51. The molecule has 0 saturated heterocycles. The Bertz CT molecular complexity index is 586. The van der Waals surface area contributed by atoms with Crippen molar-refractivity contribution >= 4 is 27.2 Å². The normalized spacial score (nSPS) is 12.0. The second kappa shape index (κ2) is 7.84. The van der Waals surface area contributed by atoms with E-state index in [1.54, 1.807) is 31.4 Å². The van der Waals surface area contributed by atoms with E-state index in [1.807, 2.05) is 13.8 Å². The molecule has 7 heteroatoms. The van der Waals surface area contributed by atoms with Crippen LogP contribution in [0.4, 0.5) is 0 Å². The van der Waals surface area contributed by atoms with Gasteiger partial charge in [-0.25, -0.2) is 8.42 Å². The van der Waals surface area contributed by atoms with E-state index >= 15 is 0 Å². The van der Waals surface area contributed by atoms with Crippen molar-refractivity contribution in [3.63, 3.8) is 0 Å². The largest absolute Gasteiger partial charge is 0.389 e. The Morgan fingerprint density at radius 3 is 2.52 bits per heavy atom. The SMILES string of the molecule is COCCN(C(C)C)S(=O)(=O)Cc1ccccc1C(N)=S. The molecule has 0 aromatic heterocycles. The van der Waals surface area contributed by atoms with E-state index in [9.17, 15) is 8.42 Å². The Balaban J connectivity index is 3.06. The Labute approximate surface area is 132 Å². The number of nitrogens with two attached hydrogens (primary N) is 1. The first-order valence-corrected chi connectivity index (χ1v) is 8.67. The topological polar surface area (TPSA) is 72.6 Å². The Morgan fingerprint density at radius 2 is 2.00 bits per heavy atom. The molecule has 0 heterocycles. The van der Waals surface area contributed by atoms with Crippen molar-refractivity contribution in [2.24, 2.45) is 5.73 Å². The molecule has 1 rings (SSSR count). The van der Waals surface area contributed by atoms with Crippen molar-refractivity contribution in [1.29, 1.82) is 0 Å². The minimum atomic E-state index is -3.46. The first kappa shape index (κ1) is 18.0. The summed E-state index contributed by atoms with van der Waals surface area (Å²) in [4.78, 5) is 0.203. The van der Waals surface area contributed by atoms with Gasteiger partial charge < -0.3 is 10.5 Å². The van der Waals surface area contributed by atoms with E-state index in [1.165, 1.54) is 4.31 Å². The fourth-order valence-corrected chi connectivity index (χ4v) is 4.07. The first-order valence-electron chi connectivity index (χ1n) is 6.65. The molecule has 0 atom stereocenters. The third-order valence-electron chi connectivity index (χ3n) is 3.07. The zero-order chi connectivity index (χ0) is 16.0. The van der Waals surface area contributed by atoms with Crippen molar-refractivity contribution < 1.29 is 13.2 Å².